The molecule has 27 heavy (non-hydrogen) atoms. The van der Waals surface area contributed by atoms with Gasteiger partial charge in [-0.1, -0.05) is 13.0 Å². The van der Waals surface area contributed by atoms with Gasteiger partial charge in [-0.05, 0) is 50.4 Å². The largest absolute Gasteiger partial charge is 0.365 e. The Morgan fingerprint density at radius 3 is 2.67 bits per heavy atom. The molecule has 2 heterocycles. The first-order valence-electron chi connectivity index (χ1n) is 9.99. The zero-order chi connectivity index (χ0) is 19.2. The van der Waals surface area contributed by atoms with Gasteiger partial charge >= 0.3 is 0 Å². The number of aliphatic imine (C=N–C) groups is 1. The summed E-state index contributed by atoms with van der Waals surface area (Å²) < 4.78 is 28.0. The Morgan fingerprint density at radius 2 is 1.96 bits per heavy atom. The van der Waals surface area contributed by atoms with Gasteiger partial charge < -0.3 is 20.4 Å². The second-order valence-corrected chi connectivity index (χ2v) is 7.50. The van der Waals surface area contributed by atoms with Gasteiger partial charge in [-0.2, -0.15) is 0 Å². The van der Waals surface area contributed by atoms with Crippen molar-refractivity contribution >= 4 is 11.6 Å². The van der Waals surface area contributed by atoms with E-state index in [0.29, 0.717) is 19.0 Å². The molecule has 2 N–H and O–H groups in total. The van der Waals surface area contributed by atoms with E-state index in [1.165, 1.54) is 37.6 Å². The highest BCUT2D eigenvalue weighted by molar-refractivity contribution is 5.80. The van der Waals surface area contributed by atoms with Crippen LogP contribution in [0.2, 0.25) is 0 Å². The van der Waals surface area contributed by atoms with Crippen molar-refractivity contribution in [1.82, 2.24) is 15.5 Å². The summed E-state index contributed by atoms with van der Waals surface area (Å²) in [5.41, 5.74) is 0.0756. The first kappa shape index (κ1) is 19.9. The zero-order valence-corrected chi connectivity index (χ0v) is 16.3. The van der Waals surface area contributed by atoms with Crippen LogP contribution < -0.4 is 15.5 Å². The number of hydrogen-bond donors (Lipinski definition) is 2. The van der Waals surface area contributed by atoms with Crippen molar-refractivity contribution in [3.8, 4) is 0 Å². The summed E-state index contributed by atoms with van der Waals surface area (Å²) in [6.07, 6.45) is 3.31. The molecule has 0 aromatic heterocycles. The van der Waals surface area contributed by atoms with E-state index in [2.05, 4.69) is 27.4 Å². The van der Waals surface area contributed by atoms with E-state index >= 15 is 0 Å². The molecule has 1 aromatic rings. The van der Waals surface area contributed by atoms with Crippen LogP contribution in [0.4, 0.5) is 14.5 Å². The SMILES string of the molecule is CCN1CCCC(CNC(=NC)NC2CCN(c3c(F)cccc3F)C2)C1. The molecule has 2 aliphatic rings. The Labute approximate surface area is 160 Å². The molecule has 0 bridgehead atoms. The molecule has 0 saturated carbocycles. The number of rotatable bonds is 5. The number of anilines is 1. The highest BCUT2D eigenvalue weighted by Crippen LogP contribution is 2.26. The number of nitrogens with one attached hydrogen (secondary N) is 2. The van der Waals surface area contributed by atoms with Gasteiger partial charge in [-0.25, -0.2) is 8.78 Å². The Balaban J connectivity index is 1.49. The summed E-state index contributed by atoms with van der Waals surface area (Å²) in [6.45, 7) is 7.73. The summed E-state index contributed by atoms with van der Waals surface area (Å²) in [5, 5.41) is 6.84. The van der Waals surface area contributed by atoms with Gasteiger partial charge in [-0.3, -0.25) is 4.99 Å². The summed E-state index contributed by atoms with van der Waals surface area (Å²) in [4.78, 5) is 8.59. The third kappa shape index (κ3) is 5.09. The highest BCUT2D eigenvalue weighted by Gasteiger charge is 2.27. The minimum atomic E-state index is -0.504. The number of likely N-dealkylation sites (tertiary alicyclic amines) is 1. The zero-order valence-electron chi connectivity index (χ0n) is 16.3. The molecule has 0 spiro atoms. The van der Waals surface area contributed by atoms with Gasteiger partial charge in [0.1, 0.15) is 17.3 Å². The number of halogens is 2. The summed E-state index contributed by atoms with van der Waals surface area (Å²) in [6, 6.07) is 4.14. The van der Waals surface area contributed by atoms with Gasteiger partial charge in [0.2, 0.25) is 0 Å². The fourth-order valence-corrected chi connectivity index (χ4v) is 4.11. The van der Waals surface area contributed by atoms with E-state index in [0.717, 1.165) is 32.0 Å². The number of benzene rings is 1. The minimum Gasteiger partial charge on any atom is -0.365 e. The van der Waals surface area contributed by atoms with Crippen molar-refractivity contribution < 1.29 is 8.78 Å². The van der Waals surface area contributed by atoms with Crippen LogP contribution in [0.15, 0.2) is 23.2 Å². The first-order valence-corrected chi connectivity index (χ1v) is 9.99. The third-order valence-corrected chi connectivity index (χ3v) is 5.61. The molecular weight excluding hydrogens is 348 g/mol. The Bertz CT molecular complexity index is 631. The second-order valence-electron chi connectivity index (χ2n) is 7.50. The van der Waals surface area contributed by atoms with E-state index in [1.807, 2.05) is 0 Å². The van der Waals surface area contributed by atoms with E-state index in [9.17, 15) is 8.78 Å². The molecule has 0 amide bonds. The molecule has 2 saturated heterocycles. The monoisotopic (exact) mass is 379 g/mol. The minimum absolute atomic E-state index is 0.0756. The lowest BCUT2D eigenvalue weighted by Gasteiger charge is -2.32. The lowest BCUT2D eigenvalue weighted by Crippen LogP contribution is -2.47. The lowest BCUT2D eigenvalue weighted by atomic mass is 9.98. The average Bonchev–Trinajstić information content (AvgIpc) is 3.13. The summed E-state index contributed by atoms with van der Waals surface area (Å²) in [7, 11) is 1.76. The maximum atomic E-state index is 14.0. The number of hydrogen-bond acceptors (Lipinski definition) is 3. The van der Waals surface area contributed by atoms with Crippen LogP contribution in [0.5, 0.6) is 0 Å². The molecule has 0 radical (unpaired) electrons. The van der Waals surface area contributed by atoms with Gasteiger partial charge in [0.15, 0.2) is 5.96 Å². The fraction of sp³-hybridized carbons (Fsp3) is 0.650. The topological polar surface area (TPSA) is 42.9 Å². The molecular formula is C20H31F2N5. The van der Waals surface area contributed by atoms with E-state index in [-0.39, 0.29) is 11.7 Å². The van der Waals surface area contributed by atoms with Crippen molar-refractivity contribution in [3.63, 3.8) is 0 Å². The van der Waals surface area contributed by atoms with Crippen LogP contribution in [0.25, 0.3) is 0 Å². The standard InChI is InChI=1S/C20H31F2N5/c1-3-26-10-5-6-15(13-26)12-24-20(23-2)25-16-9-11-27(14-16)19-17(21)7-4-8-18(19)22/h4,7-8,15-16H,3,5-6,9-14H2,1-2H3,(H2,23,24,25). The molecule has 0 aliphatic carbocycles. The van der Waals surface area contributed by atoms with E-state index in [4.69, 9.17) is 0 Å². The molecule has 150 valence electrons. The van der Waals surface area contributed by atoms with Crippen LogP contribution >= 0.6 is 0 Å². The quantitative estimate of drug-likeness (QED) is 0.609. The van der Waals surface area contributed by atoms with Crippen molar-refractivity contribution in [2.45, 2.75) is 32.2 Å². The van der Waals surface area contributed by atoms with Crippen LogP contribution in [-0.4, -0.2) is 63.2 Å². The van der Waals surface area contributed by atoms with Crippen molar-refractivity contribution in [2.75, 3.05) is 51.2 Å². The van der Waals surface area contributed by atoms with Crippen molar-refractivity contribution in [2.24, 2.45) is 10.9 Å². The number of piperidine rings is 1. The second kappa shape index (κ2) is 9.35. The van der Waals surface area contributed by atoms with Gasteiger partial charge in [-0.15, -0.1) is 0 Å². The molecule has 3 rings (SSSR count). The van der Waals surface area contributed by atoms with Gasteiger partial charge in [0.05, 0.1) is 0 Å². The van der Waals surface area contributed by atoms with Crippen LogP contribution in [0.3, 0.4) is 0 Å². The van der Waals surface area contributed by atoms with Crippen molar-refractivity contribution in [3.05, 3.63) is 29.8 Å². The van der Waals surface area contributed by atoms with E-state index in [1.54, 1.807) is 11.9 Å². The van der Waals surface area contributed by atoms with Crippen LogP contribution in [-0.2, 0) is 0 Å². The molecule has 5 nitrogen and oxygen atoms in total. The first-order chi connectivity index (χ1) is 13.1. The molecule has 1 aromatic carbocycles. The lowest BCUT2D eigenvalue weighted by molar-refractivity contribution is 0.183. The normalized spacial score (nSPS) is 24.3. The van der Waals surface area contributed by atoms with Gasteiger partial charge in [0, 0.05) is 39.3 Å². The average molecular weight is 379 g/mol. The number of nitrogens with zero attached hydrogens (tertiary/aromatic N) is 3. The molecule has 2 fully saturated rings. The van der Waals surface area contributed by atoms with Gasteiger partial charge in [0.25, 0.3) is 0 Å². The summed E-state index contributed by atoms with van der Waals surface area (Å²) >= 11 is 0. The van der Waals surface area contributed by atoms with Crippen LogP contribution in [0, 0.1) is 17.6 Å². The number of guanidine groups is 1. The number of para-hydroxylation sites is 1. The van der Waals surface area contributed by atoms with Crippen molar-refractivity contribution in [1.29, 1.82) is 0 Å². The summed E-state index contributed by atoms with van der Waals surface area (Å²) in [5.74, 6) is 0.390. The molecule has 2 aliphatic heterocycles. The van der Waals surface area contributed by atoms with Crippen LogP contribution in [0.1, 0.15) is 26.2 Å². The molecule has 7 heteroatoms. The third-order valence-electron chi connectivity index (χ3n) is 5.61. The molecule has 2 unspecified atom stereocenters. The fourth-order valence-electron chi connectivity index (χ4n) is 4.11. The predicted octanol–water partition coefficient (Wildman–Crippen LogP) is 2.44. The highest BCUT2D eigenvalue weighted by atomic mass is 19.1. The smallest absolute Gasteiger partial charge is 0.191 e. The predicted molar refractivity (Wildman–Crippen MR) is 106 cm³/mol. The Hall–Kier alpha value is -1.89. The molecule has 2 atom stereocenters. The Kier molecular flexibility index (Phi) is 6.88. The van der Waals surface area contributed by atoms with E-state index < -0.39 is 11.6 Å². The maximum absolute atomic E-state index is 14.0. The Morgan fingerprint density at radius 1 is 1.19 bits per heavy atom. The maximum Gasteiger partial charge on any atom is 0.191 e.